The predicted molar refractivity (Wildman–Crippen MR) is 267 cm³/mol. The van der Waals surface area contributed by atoms with Crippen molar-refractivity contribution in [1.82, 2.24) is 53.6 Å². The zero-order valence-electron chi connectivity index (χ0n) is 38.7. The Morgan fingerprint density at radius 1 is 0.652 bits per heavy atom. The monoisotopic (exact) mass is 927 g/mol. The number of hydrogen-bond donors (Lipinski definition) is 10. The molecule has 10 N–H and O–H groups in total. The van der Waals surface area contributed by atoms with Gasteiger partial charge in [0.2, 0.25) is 6.29 Å². The van der Waals surface area contributed by atoms with Crippen LogP contribution in [0.1, 0.15) is 107 Å². The van der Waals surface area contributed by atoms with Crippen LogP contribution in [0.4, 0.5) is 0 Å². The van der Waals surface area contributed by atoms with Crippen LogP contribution >= 0.6 is 0 Å². The minimum absolute atomic E-state index is 0.00818. The average Bonchev–Trinajstić information content (AvgIpc) is 3.42. The second-order valence-corrected chi connectivity index (χ2v) is 18.7. The van der Waals surface area contributed by atoms with Gasteiger partial charge in [0.15, 0.2) is 6.29 Å². The first-order valence-corrected chi connectivity index (χ1v) is 24.7. The lowest BCUT2D eigenvalue weighted by molar-refractivity contribution is 0.0821. The summed E-state index contributed by atoms with van der Waals surface area (Å²) in [6.45, 7) is 0. The van der Waals surface area contributed by atoms with E-state index >= 15 is 0 Å². The van der Waals surface area contributed by atoms with Gasteiger partial charge in [-0.3, -0.25) is 19.7 Å². The van der Waals surface area contributed by atoms with Crippen LogP contribution in [-0.4, -0.2) is 48.7 Å². The van der Waals surface area contributed by atoms with Crippen molar-refractivity contribution in [3.05, 3.63) is 184 Å². The maximum atomic E-state index is 14.7. The first kappa shape index (κ1) is 45.9. The molecule has 7 atom stereocenters. The molecule has 8 aliphatic rings. The molecule has 69 heavy (non-hydrogen) atoms. The van der Waals surface area contributed by atoms with E-state index in [1.807, 2.05) is 36.4 Å². The second-order valence-electron chi connectivity index (χ2n) is 18.7. The van der Waals surface area contributed by atoms with E-state index in [1.165, 1.54) is 18.6 Å². The fraction of sp³-hybridized carbons (Fsp3) is 0.352. The first-order valence-electron chi connectivity index (χ1n) is 24.7. The molecule has 1 saturated carbocycles. The number of benzene rings is 2. The fourth-order valence-electron chi connectivity index (χ4n) is 10.5. The van der Waals surface area contributed by atoms with Gasteiger partial charge in [0.05, 0.1) is 22.5 Å². The standard InChI is InChI=1S/C54H62N12O3/c67-49(58-52-55-43(34-19-7-1-8-20-34)46(61-64-52)37-25-13-4-14-26-37)40-31-32-41(50(68)59-53-56-44(35-21-9-2-10-22-35)47(62-65-53)38-27-15-5-16-28-38)42(33-40)51(69)60-54-57-45(36-23-11-3-12-24-36)48(63-66-54)39-29-17-6-18-30-39/h1,3-4,6-8,11,13-15,17-19,23,25,27-35,37,43,46,52-57,61,63-64,66H,2,5,9-10,12,16,20-22,24,26H2,(H,58,67)(H,59,68)(H,60,69). The maximum absolute atomic E-state index is 14.7. The lowest BCUT2D eigenvalue weighted by Crippen LogP contribution is -2.74. The molecule has 0 aromatic heterocycles. The summed E-state index contributed by atoms with van der Waals surface area (Å²) in [6.07, 6.45) is 38.3. The van der Waals surface area contributed by atoms with Crippen molar-refractivity contribution in [2.24, 2.45) is 28.0 Å². The maximum Gasteiger partial charge on any atom is 0.255 e. The molecule has 2 fully saturated rings. The number of allylic oxidation sites excluding steroid dienone is 14. The topological polar surface area (TPSA) is 196 Å². The molecule has 3 amide bonds. The molecule has 15 nitrogen and oxygen atoms in total. The minimum atomic E-state index is -0.875. The Kier molecular flexibility index (Phi) is 14.3. The molecule has 0 radical (unpaired) electrons. The van der Waals surface area contributed by atoms with Crippen LogP contribution in [0.2, 0.25) is 0 Å². The van der Waals surface area contributed by atoms with E-state index < -0.39 is 36.6 Å². The normalized spacial score (nSPS) is 27.7. The van der Waals surface area contributed by atoms with Crippen LogP contribution < -0.4 is 53.6 Å². The lowest BCUT2D eigenvalue weighted by Gasteiger charge is -2.45. The molecule has 2 aromatic rings. The van der Waals surface area contributed by atoms with Gasteiger partial charge >= 0.3 is 0 Å². The van der Waals surface area contributed by atoms with E-state index in [1.54, 1.807) is 6.07 Å². The van der Waals surface area contributed by atoms with Gasteiger partial charge in [-0.1, -0.05) is 135 Å². The molecule has 7 unspecified atom stereocenters. The van der Waals surface area contributed by atoms with Gasteiger partial charge in [0, 0.05) is 34.8 Å². The van der Waals surface area contributed by atoms with Gasteiger partial charge in [-0.15, -0.1) is 10.2 Å². The summed E-state index contributed by atoms with van der Waals surface area (Å²) in [6, 6.07) is 14.6. The van der Waals surface area contributed by atoms with Gasteiger partial charge in [0.1, 0.15) is 12.0 Å². The van der Waals surface area contributed by atoms with Gasteiger partial charge in [-0.25, -0.2) is 10.9 Å². The van der Waals surface area contributed by atoms with Crippen LogP contribution in [0.25, 0.3) is 5.70 Å². The molecule has 0 bridgehead atoms. The number of azo groups is 1. The lowest BCUT2D eigenvalue weighted by atomic mass is 9.80. The van der Waals surface area contributed by atoms with Crippen molar-refractivity contribution in [2.75, 3.05) is 0 Å². The Morgan fingerprint density at radius 3 is 2.17 bits per heavy atom. The molecule has 2 aromatic carbocycles. The quantitative estimate of drug-likeness (QED) is 0.107. The molecule has 1 saturated heterocycles. The Balaban J connectivity index is 0.909. The summed E-state index contributed by atoms with van der Waals surface area (Å²) >= 11 is 0. The van der Waals surface area contributed by atoms with Gasteiger partial charge in [0.25, 0.3) is 17.7 Å². The zero-order valence-corrected chi connectivity index (χ0v) is 38.7. The smallest absolute Gasteiger partial charge is 0.255 e. The highest BCUT2D eigenvalue weighted by molar-refractivity contribution is 6.09. The number of carbonyl (C=O) groups excluding carboxylic acids is 3. The van der Waals surface area contributed by atoms with Crippen molar-refractivity contribution < 1.29 is 14.4 Å². The number of hydrazine groups is 2. The van der Waals surface area contributed by atoms with Crippen molar-refractivity contribution in [3.63, 3.8) is 0 Å². The summed E-state index contributed by atoms with van der Waals surface area (Å²) in [7, 11) is 0. The Bertz CT molecular complexity index is 2630. The van der Waals surface area contributed by atoms with E-state index in [0.29, 0.717) is 0 Å². The number of nitrogens with zero attached hydrogens (tertiary/aromatic N) is 2. The predicted octanol–water partition coefficient (Wildman–Crippen LogP) is 6.89. The van der Waals surface area contributed by atoms with Crippen molar-refractivity contribution >= 4 is 23.4 Å². The van der Waals surface area contributed by atoms with E-state index in [-0.39, 0.29) is 46.5 Å². The molecular weight excluding hydrogens is 865 g/mol. The second kappa shape index (κ2) is 21.6. The molecular formula is C54H62N12O3. The summed E-state index contributed by atoms with van der Waals surface area (Å²) in [5.74, 6) is -0.853. The molecule has 15 heteroatoms. The zero-order chi connectivity index (χ0) is 46.9. The van der Waals surface area contributed by atoms with Crippen LogP contribution in [-0.2, 0) is 0 Å². The third kappa shape index (κ3) is 10.7. The third-order valence-electron chi connectivity index (χ3n) is 14.1. The minimum Gasteiger partial charge on any atom is -0.350 e. The largest absolute Gasteiger partial charge is 0.350 e. The van der Waals surface area contributed by atoms with E-state index in [4.69, 9.17) is 5.11 Å². The Morgan fingerprint density at radius 2 is 1.43 bits per heavy atom. The molecule has 3 aliphatic heterocycles. The number of nitrogens with one attached hydrogen (secondary N) is 10. The molecule has 356 valence electrons. The van der Waals surface area contributed by atoms with Crippen molar-refractivity contribution in [3.8, 4) is 0 Å². The van der Waals surface area contributed by atoms with E-state index in [2.05, 4.69) is 138 Å². The summed E-state index contributed by atoms with van der Waals surface area (Å²) < 4.78 is 0. The van der Waals surface area contributed by atoms with Gasteiger partial charge < -0.3 is 32.0 Å². The molecule has 5 aliphatic carbocycles. The molecule has 10 rings (SSSR count). The molecule has 3 heterocycles. The fourth-order valence-corrected chi connectivity index (χ4v) is 10.5. The number of carbonyl (C=O) groups is 3. The number of rotatable bonds is 12. The van der Waals surface area contributed by atoms with E-state index in [9.17, 15) is 14.4 Å². The van der Waals surface area contributed by atoms with Crippen LogP contribution in [0.3, 0.4) is 0 Å². The highest BCUT2D eigenvalue weighted by Gasteiger charge is 2.38. The van der Waals surface area contributed by atoms with Crippen LogP contribution in [0, 0.1) is 17.8 Å². The summed E-state index contributed by atoms with van der Waals surface area (Å²) in [4.78, 5) is 43.5. The first-order chi connectivity index (χ1) is 33.9. The van der Waals surface area contributed by atoms with Crippen LogP contribution in [0.5, 0.6) is 0 Å². The highest BCUT2D eigenvalue weighted by Crippen LogP contribution is 2.36. The SMILES string of the molecule is O=C(NC1NNC(C2C=CC=CC2)C(C2C=CC=CC2)N1)c1ccc(C(=O)NC2N=NC(C3=CCCC=C3)=C(C3CCCCC3)N2)c(C(=O)NC2NNC(c3ccccc3)=C(C3=CC=CCC3)N2)c1. The average molecular weight is 927 g/mol. The third-order valence-corrected chi connectivity index (χ3v) is 14.1. The number of hydrogen-bond acceptors (Lipinski definition) is 12. The molecule has 0 spiro atoms. The van der Waals surface area contributed by atoms with E-state index in [0.717, 1.165) is 104 Å². The van der Waals surface area contributed by atoms with Crippen molar-refractivity contribution in [1.29, 1.82) is 0 Å². The van der Waals surface area contributed by atoms with Gasteiger partial charge in [-0.2, -0.15) is 5.43 Å². The summed E-state index contributed by atoms with van der Waals surface area (Å²) in [5, 5.41) is 29.1. The van der Waals surface area contributed by atoms with Crippen molar-refractivity contribution in [2.45, 2.75) is 102 Å². The Hall–Kier alpha value is -6.91. The number of amides is 3. The Labute approximate surface area is 403 Å². The highest BCUT2D eigenvalue weighted by atomic mass is 16.2. The van der Waals surface area contributed by atoms with Crippen LogP contribution in [0.15, 0.2) is 172 Å². The summed E-state index contributed by atoms with van der Waals surface area (Å²) in [5.41, 5.74) is 20.2. The van der Waals surface area contributed by atoms with Gasteiger partial charge in [-0.05, 0) is 92.5 Å².